The summed E-state index contributed by atoms with van der Waals surface area (Å²) in [5.74, 6) is 0. The molecule has 2 N–H and O–H groups in total. The first kappa shape index (κ1) is 16.9. The molecule has 0 saturated carbocycles. The number of rotatable bonds is 7. The molecule has 0 spiro atoms. The third-order valence-electron chi connectivity index (χ3n) is 3.75. The molecule has 1 saturated heterocycles. The van der Waals surface area contributed by atoms with Gasteiger partial charge in [0.1, 0.15) is 0 Å². The molecule has 2 heterocycles. The number of nitrogens with zero attached hydrogens (tertiary/aromatic N) is 1. The standard InChI is InChI=1S/C14H25N3O2S2/c1-2-15-21(18,19)16-12-13(14-8-7-11-20-14)17-9-5-3-4-6-10-17/h7-8,11,13,15-16H,2-6,9-10,12H2,1H3. The van der Waals surface area contributed by atoms with Crippen molar-refractivity contribution in [3.63, 3.8) is 0 Å². The second-order valence-electron chi connectivity index (χ2n) is 5.33. The Balaban J connectivity index is 2.06. The van der Waals surface area contributed by atoms with Crippen molar-refractivity contribution in [1.29, 1.82) is 0 Å². The van der Waals surface area contributed by atoms with Crippen molar-refractivity contribution in [3.8, 4) is 0 Å². The van der Waals surface area contributed by atoms with Crippen molar-refractivity contribution < 1.29 is 8.42 Å². The maximum atomic E-state index is 11.8. The molecule has 2 rings (SSSR count). The van der Waals surface area contributed by atoms with Crippen molar-refractivity contribution in [2.75, 3.05) is 26.2 Å². The SMILES string of the molecule is CCNS(=O)(=O)NCC(c1cccs1)N1CCCCCC1. The molecule has 1 unspecified atom stereocenters. The van der Waals surface area contributed by atoms with Crippen LogP contribution in [0.2, 0.25) is 0 Å². The fraction of sp³-hybridized carbons (Fsp3) is 0.714. The number of nitrogens with one attached hydrogen (secondary N) is 2. The normalized spacial score (nSPS) is 19.3. The van der Waals surface area contributed by atoms with Crippen molar-refractivity contribution in [2.24, 2.45) is 0 Å². The Kier molecular flexibility index (Phi) is 6.63. The lowest BCUT2D eigenvalue weighted by Gasteiger charge is -2.30. The molecule has 0 amide bonds. The van der Waals surface area contributed by atoms with E-state index < -0.39 is 10.2 Å². The first-order chi connectivity index (χ1) is 10.1. The quantitative estimate of drug-likeness (QED) is 0.804. The van der Waals surface area contributed by atoms with Crippen LogP contribution in [0.5, 0.6) is 0 Å². The van der Waals surface area contributed by atoms with Gasteiger partial charge in [0.25, 0.3) is 10.2 Å². The lowest BCUT2D eigenvalue weighted by Crippen LogP contribution is -2.42. The molecule has 1 aliphatic rings. The fourth-order valence-electron chi connectivity index (χ4n) is 2.73. The number of thiophene rings is 1. The van der Waals surface area contributed by atoms with Crippen LogP contribution in [0.15, 0.2) is 17.5 Å². The summed E-state index contributed by atoms with van der Waals surface area (Å²) in [6.07, 6.45) is 4.94. The highest BCUT2D eigenvalue weighted by molar-refractivity contribution is 7.87. The molecule has 1 aliphatic heterocycles. The first-order valence-electron chi connectivity index (χ1n) is 7.64. The molecule has 21 heavy (non-hydrogen) atoms. The van der Waals surface area contributed by atoms with Gasteiger partial charge >= 0.3 is 0 Å². The second-order valence-corrected chi connectivity index (χ2v) is 7.89. The Labute approximate surface area is 131 Å². The van der Waals surface area contributed by atoms with E-state index in [1.807, 2.05) is 6.07 Å². The number of hydrogen-bond acceptors (Lipinski definition) is 4. The van der Waals surface area contributed by atoms with Crippen LogP contribution in [-0.2, 0) is 10.2 Å². The van der Waals surface area contributed by atoms with Gasteiger partial charge in [-0.05, 0) is 37.4 Å². The summed E-state index contributed by atoms with van der Waals surface area (Å²) in [5, 5.41) is 2.05. The maximum Gasteiger partial charge on any atom is 0.276 e. The highest BCUT2D eigenvalue weighted by atomic mass is 32.2. The highest BCUT2D eigenvalue weighted by Crippen LogP contribution is 2.27. The molecule has 0 aliphatic carbocycles. The lowest BCUT2D eigenvalue weighted by molar-refractivity contribution is 0.209. The minimum absolute atomic E-state index is 0.136. The third kappa shape index (κ3) is 5.34. The summed E-state index contributed by atoms with van der Waals surface area (Å²) < 4.78 is 28.8. The Morgan fingerprint density at radius 3 is 2.52 bits per heavy atom. The van der Waals surface area contributed by atoms with Gasteiger partial charge < -0.3 is 0 Å². The van der Waals surface area contributed by atoms with E-state index >= 15 is 0 Å². The average molecular weight is 332 g/mol. The van der Waals surface area contributed by atoms with Crippen molar-refractivity contribution in [1.82, 2.24) is 14.3 Å². The second kappa shape index (κ2) is 8.24. The molecule has 0 aromatic carbocycles. The summed E-state index contributed by atoms with van der Waals surface area (Å²) in [7, 11) is -3.39. The fourth-order valence-corrected chi connectivity index (χ4v) is 4.45. The van der Waals surface area contributed by atoms with Gasteiger partial charge in [-0.2, -0.15) is 8.42 Å². The minimum atomic E-state index is -3.39. The van der Waals surface area contributed by atoms with Crippen molar-refractivity contribution in [2.45, 2.75) is 38.6 Å². The molecule has 120 valence electrons. The van der Waals surface area contributed by atoms with Crippen LogP contribution in [-0.4, -0.2) is 39.5 Å². The van der Waals surface area contributed by atoms with Gasteiger partial charge in [0.15, 0.2) is 0 Å². The van der Waals surface area contributed by atoms with Crippen molar-refractivity contribution in [3.05, 3.63) is 22.4 Å². The molecule has 1 aromatic heterocycles. The van der Waals surface area contributed by atoms with E-state index in [0.717, 1.165) is 13.1 Å². The third-order valence-corrected chi connectivity index (χ3v) is 5.94. The van der Waals surface area contributed by atoms with Gasteiger partial charge in [0.2, 0.25) is 0 Å². The zero-order valence-electron chi connectivity index (χ0n) is 12.5. The van der Waals surface area contributed by atoms with Gasteiger partial charge in [-0.3, -0.25) is 4.90 Å². The Hall–Kier alpha value is -0.470. The Morgan fingerprint density at radius 1 is 1.24 bits per heavy atom. The first-order valence-corrected chi connectivity index (χ1v) is 10.0. The van der Waals surface area contributed by atoms with E-state index in [1.54, 1.807) is 18.3 Å². The maximum absolute atomic E-state index is 11.8. The van der Waals surface area contributed by atoms with Gasteiger partial charge in [0, 0.05) is 18.0 Å². The summed E-state index contributed by atoms with van der Waals surface area (Å²) in [5.41, 5.74) is 0. The van der Waals surface area contributed by atoms with Gasteiger partial charge in [0.05, 0.1) is 6.04 Å². The van der Waals surface area contributed by atoms with E-state index in [0.29, 0.717) is 13.1 Å². The zero-order valence-corrected chi connectivity index (χ0v) is 14.2. The minimum Gasteiger partial charge on any atom is -0.294 e. The van der Waals surface area contributed by atoms with Crippen LogP contribution in [0.3, 0.4) is 0 Å². The smallest absolute Gasteiger partial charge is 0.276 e. The molecular formula is C14H25N3O2S2. The van der Waals surface area contributed by atoms with Crippen LogP contribution in [0.4, 0.5) is 0 Å². The Bertz CT molecular complexity index is 494. The van der Waals surface area contributed by atoms with Crippen LogP contribution in [0.25, 0.3) is 0 Å². The van der Waals surface area contributed by atoms with E-state index in [1.165, 1.54) is 30.6 Å². The average Bonchev–Trinajstić information content (AvgIpc) is 2.82. The Morgan fingerprint density at radius 2 is 1.95 bits per heavy atom. The summed E-state index contributed by atoms with van der Waals surface area (Å²) in [6.45, 7) is 4.71. The van der Waals surface area contributed by atoms with Crippen LogP contribution >= 0.6 is 11.3 Å². The summed E-state index contributed by atoms with van der Waals surface area (Å²) in [6, 6.07) is 4.27. The molecule has 0 bridgehead atoms. The summed E-state index contributed by atoms with van der Waals surface area (Å²) >= 11 is 1.70. The predicted molar refractivity (Wildman–Crippen MR) is 87.7 cm³/mol. The van der Waals surface area contributed by atoms with Gasteiger partial charge in [-0.25, -0.2) is 9.44 Å². The predicted octanol–water partition coefficient (Wildman–Crippen LogP) is 2.11. The zero-order chi connectivity index (χ0) is 15.1. The van der Waals surface area contributed by atoms with E-state index in [2.05, 4.69) is 25.8 Å². The van der Waals surface area contributed by atoms with E-state index in [9.17, 15) is 8.42 Å². The molecule has 5 nitrogen and oxygen atoms in total. The molecule has 1 aromatic rings. The molecule has 1 fully saturated rings. The van der Waals surface area contributed by atoms with E-state index in [4.69, 9.17) is 0 Å². The molecule has 0 radical (unpaired) electrons. The van der Waals surface area contributed by atoms with Crippen LogP contribution < -0.4 is 9.44 Å². The molecule has 7 heteroatoms. The lowest BCUT2D eigenvalue weighted by atomic mass is 10.2. The molecule has 1 atom stereocenters. The van der Waals surface area contributed by atoms with E-state index in [-0.39, 0.29) is 6.04 Å². The highest BCUT2D eigenvalue weighted by Gasteiger charge is 2.23. The largest absolute Gasteiger partial charge is 0.294 e. The number of likely N-dealkylation sites (tertiary alicyclic amines) is 1. The van der Waals surface area contributed by atoms with Gasteiger partial charge in [-0.1, -0.05) is 25.8 Å². The molecular weight excluding hydrogens is 306 g/mol. The van der Waals surface area contributed by atoms with Crippen LogP contribution in [0.1, 0.15) is 43.5 Å². The monoisotopic (exact) mass is 331 g/mol. The topological polar surface area (TPSA) is 61.4 Å². The van der Waals surface area contributed by atoms with Crippen molar-refractivity contribution >= 4 is 21.5 Å². The number of hydrogen-bond donors (Lipinski definition) is 2. The van der Waals surface area contributed by atoms with Crippen LogP contribution in [0, 0.1) is 0 Å². The van der Waals surface area contributed by atoms with Gasteiger partial charge in [-0.15, -0.1) is 11.3 Å². The summed E-state index contributed by atoms with van der Waals surface area (Å²) in [4.78, 5) is 3.66.